The molecule has 0 amide bonds. The Hall–Kier alpha value is -2.72. The highest BCUT2D eigenvalue weighted by Crippen LogP contribution is 2.31. The number of rotatable bonds is 6. The Morgan fingerprint density at radius 2 is 0.939 bits per heavy atom. The molecule has 0 radical (unpaired) electrons. The molecule has 3 fully saturated rings. The molecular weight excluding hydrogens is 672 g/mol. The Morgan fingerprint density at radius 3 is 1.31 bits per heavy atom. The first-order valence-corrected chi connectivity index (χ1v) is 14.5. The number of carboxylic acid groups (broad SMARTS) is 4. The van der Waals surface area contributed by atoms with Crippen LogP contribution < -0.4 is 22.9 Å². The molecule has 23 nitrogen and oxygen atoms in total. The molecule has 3 rings (SSSR count). The van der Waals surface area contributed by atoms with Crippen molar-refractivity contribution in [3.05, 3.63) is 0 Å². The van der Waals surface area contributed by atoms with Crippen LogP contribution in [0.5, 0.6) is 0 Å². The summed E-state index contributed by atoms with van der Waals surface area (Å²) in [7, 11) is 0. The van der Waals surface area contributed by atoms with Crippen LogP contribution in [0.4, 0.5) is 0 Å². The molecule has 2 heterocycles. The average molecular weight is 725 g/mol. The molecule has 2 aliphatic heterocycles. The Morgan fingerprint density at radius 1 is 0.592 bits per heavy atom. The fourth-order valence-corrected chi connectivity index (χ4v) is 4.40. The third kappa shape index (κ3) is 17.7. The lowest BCUT2D eigenvalue weighted by molar-refractivity contribution is -0.328. The second-order valence-corrected chi connectivity index (χ2v) is 10.9. The van der Waals surface area contributed by atoms with Crippen molar-refractivity contribution in [1.29, 1.82) is 0 Å². The fourth-order valence-electron chi connectivity index (χ4n) is 4.40. The Kier molecular flexibility index (Phi) is 23.3. The number of carbonyl (C=O) groups is 4. The fraction of sp³-hybridized carbons (Fsp3) is 0.846. The van der Waals surface area contributed by atoms with Crippen molar-refractivity contribution < 1.29 is 94.3 Å². The van der Waals surface area contributed by atoms with Gasteiger partial charge in [0.05, 0.1) is 12.6 Å². The molecule has 0 bridgehead atoms. The van der Waals surface area contributed by atoms with Crippen molar-refractivity contribution in [2.45, 2.75) is 126 Å². The first-order chi connectivity index (χ1) is 22.4. The van der Waals surface area contributed by atoms with Crippen molar-refractivity contribution in [2.24, 2.45) is 22.9 Å². The smallest absolute Gasteiger partial charge is 0.300 e. The third-order valence-electron chi connectivity index (χ3n) is 6.47. The predicted octanol–water partition coefficient (Wildman–Crippen LogP) is -6.93. The van der Waals surface area contributed by atoms with Crippen LogP contribution in [0, 0.1) is 0 Å². The van der Waals surface area contributed by atoms with Gasteiger partial charge in [-0.2, -0.15) is 0 Å². The highest BCUT2D eigenvalue weighted by atomic mass is 16.7. The van der Waals surface area contributed by atoms with E-state index < -0.39 is 122 Å². The van der Waals surface area contributed by atoms with Gasteiger partial charge in [0.15, 0.2) is 12.6 Å². The monoisotopic (exact) mass is 724 g/mol. The van der Waals surface area contributed by atoms with E-state index in [0.29, 0.717) is 0 Å². The lowest BCUT2D eigenvalue weighted by Crippen LogP contribution is -2.68. The molecule has 1 saturated carbocycles. The van der Waals surface area contributed by atoms with E-state index in [1.54, 1.807) is 0 Å². The lowest BCUT2D eigenvalue weighted by Gasteiger charge is -2.48. The molecule has 19 N–H and O–H groups in total. The summed E-state index contributed by atoms with van der Waals surface area (Å²) in [5.74, 6) is -3.33. The van der Waals surface area contributed by atoms with Gasteiger partial charge in [0.2, 0.25) is 0 Å². The van der Waals surface area contributed by atoms with E-state index >= 15 is 0 Å². The van der Waals surface area contributed by atoms with Crippen LogP contribution >= 0.6 is 0 Å². The van der Waals surface area contributed by atoms with E-state index in [9.17, 15) is 35.7 Å². The van der Waals surface area contributed by atoms with Gasteiger partial charge in [-0.25, -0.2) is 0 Å². The molecule has 0 spiro atoms. The number of nitrogens with two attached hydrogens (primary N) is 4. The van der Waals surface area contributed by atoms with Crippen LogP contribution in [-0.4, -0.2) is 185 Å². The molecule has 3 aliphatic rings. The van der Waals surface area contributed by atoms with Crippen molar-refractivity contribution in [2.75, 3.05) is 13.2 Å². The van der Waals surface area contributed by atoms with E-state index in [1.165, 1.54) is 0 Å². The van der Waals surface area contributed by atoms with Crippen LogP contribution in [0.25, 0.3) is 0 Å². The van der Waals surface area contributed by atoms with Gasteiger partial charge in [0.25, 0.3) is 23.9 Å². The van der Waals surface area contributed by atoms with Gasteiger partial charge >= 0.3 is 0 Å². The first-order valence-electron chi connectivity index (χ1n) is 14.5. The Labute approximate surface area is 280 Å². The number of aliphatic hydroxyl groups is 7. The molecule has 0 aromatic rings. The molecule has 0 aromatic carbocycles. The van der Waals surface area contributed by atoms with Gasteiger partial charge in [-0.05, 0) is 6.42 Å². The summed E-state index contributed by atoms with van der Waals surface area (Å²) in [5.41, 5.74) is 23.6. The van der Waals surface area contributed by atoms with Crippen LogP contribution in [0.15, 0.2) is 0 Å². The van der Waals surface area contributed by atoms with Crippen LogP contribution in [0.3, 0.4) is 0 Å². The highest BCUT2D eigenvalue weighted by molar-refractivity contribution is 5.63. The van der Waals surface area contributed by atoms with Crippen LogP contribution in [0.1, 0.15) is 34.1 Å². The maximum Gasteiger partial charge on any atom is 0.300 e. The van der Waals surface area contributed by atoms with Crippen LogP contribution in [0.2, 0.25) is 0 Å². The topological polar surface area (TPSA) is 432 Å². The van der Waals surface area contributed by atoms with E-state index in [0.717, 1.165) is 27.7 Å². The molecule has 0 unspecified atom stereocenters. The van der Waals surface area contributed by atoms with Gasteiger partial charge in [-0.15, -0.1) is 0 Å². The molecule has 2 saturated heterocycles. The highest BCUT2D eigenvalue weighted by Gasteiger charge is 2.51. The summed E-state index contributed by atoms with van der Waals surface area (Å²) < 4.78 is 22.3. The minimum Gasteiger partial charge on any atom is -0.481 e. The van der Waals surface area contributed by atoms with Crippen molar-refractivity contribution in [3.63, 3.8) is 0 Å². The molecule has 0 aromatic heterocycles. The van der Waals surface area contributed by atoms with E-state index in [1.807, 2.05) is 0 Å². The second-order valence-electron chi connectivity index (χ2n) is 10.9. The maximum atomic E-state index is 10.9. The number of carboxylic acids is 4. The number of aliphatic hydroxyl groups excluding tert-OH is 7. The van der Waals surface area contributed by atoms with Crippen molar-refractivity contribution >= 4 is 23.9 Å². The zero-order valence-corrected chi connectivity index (χ0v) is 27.3. The average Bonchev–Trinajstić information content (AvgIpc) is 2.96. The number of aliphatic carboxylic acids is 4. The molecule has 23 heteroatoms. The summed E-state index contributed by atoms with van der Waals surface area (Å²) in [6.45, 7) is 3.55. The molecular formula is C26H52N4O19. The minimum absolute atomic E-state index is 0.0945. The van der Waals surface area contributed by atoms with Gasteiger partial charge in [0.1, 0.15) is 61.0 Å². The number of ether oxygens (including phenoxy) is 4. The zero-order valence-electron chi connectivity index (χ0n) is 27.3. The summed E-state index contributed by atoms with van der Waals surface area (Å²) in [4.78, 5) is 36.0. The second kappa shape index (κ2) is 23.6. The normalized spacial score (nSPS) is 38.2. The Balaban J connectivity index is 0. The summed E-state index contributed by atoms with van der Waals surface area (Å²) in [5, 5.41) is 100. The standard InChI is InChI=1S/C18H36N4O11.4C2H4O2/c19-2-6-9(24)12(27)13(28)18(30-6)33-16-5(21)1-4(20)15(14(16)29)32-17-8(22)11(26)10(25)7(3-23)31-17;4*1-2(3)4/h4-18,23-29H,1-3,19-22H2;4*1H3,(H,3,4)/t4-,5+,6+,7-,8-,9+,10-,11-,12-,13+,14-,15+,16-,17+,18+;;;;/m1..../s1. The van der Waals surface area contributed by atoms with Gasteiger partial charge in [-0.1, -0.05) is 0 Å². The SMILES string of the molecule is CC(=O)O.CC(=O)O.CC(=O)O.CC(=O)O.NC[C@@H]1O[C@@H](O[C@H]2[C@H](O)[C@@H](O[C@@H]3O[C@H](CO)[C@@H](O)[C@H](O)[C@H]3N)[C@H](N)C[C@@H]2N)[C@@H](O)[C@H](O)[C@H]1O. The Bertz CT molecular complexity index is 880. The molecule has 1 aliphatic carbocycles. The quantitative estimate of drug-likeness (QED) is 0.121. The minimum atomic E-state index is -1.66. The van der Waals surface area contributed by atoms with E-state index in [-0.39, 0.29) is 13.0 Å². The molecule has 15 atom stereocenters. The van der Waals surface area contributed by atoms with Gasteiger partial charge < -0.3 is 98.1 Å². The number of hydrogen-bond donors (Lipinski definition) is 15. The van der Waals surface area contributed by atoms with Crippen molar-refractivity contribution in [3.8, 4) is 0 Å². The van der Waals surface area contributed by atoms with E-state index in [2.05, 4.69) is 0 Å². The van der Waals surface area contributed by atoms with Gasteiger partial charge in [-0.3, -0.25) is 19.2 Å². The summed E-state index contributed by atoms with van der Waals surface area (Å²) >= 11 is 0. The van der Waals surface area contributed by atoms with Gasteiger partial charge in [0, 0.05) is 46.3 Å². The van der Waals surface area contributed by atoms with E-state index in [4.69, 9.17) is 81.5 Å². The number of hydrogen-bond acceptors (Lipinski definition) is 19. The third-order valence-corrected chi connectivity index (χ3v) is 6.47. The predicted molar refractivity (Wildman–Crippen MR) is 161 cm³/mol. The maximum absolute atomic E-state index is 10.9. The molecule has 49 heavy (non-hydrogen) atoms. The molecule has 290 valence electrons. The summed E-state index contributed by atoms with van der Waals surface area (Å²) in [6, 6.07) is -2.87. The summed E-state index contributed by atoms with van der Waals surface area (Å²) in [6.07, 6.45) is -16.4. The largest absolute Gasteiger partial charge is 0.481 e. The van der Waals surface area contributed by atoms with Crippen LogP contribution in [-0.2, 0) is 38.1 Å². The zero-order chi connectivity index (χ0) is 38.9. The van der Waals surface area contributed by atoms with Crippen molar-refractivity contribution in [1.82, 2.24) is 0 Å². The lowest BCUT2D eigenvalue weighted by atomic mass is 9.84. The first kappa shape index (κ1) is 48.4.